The Labute approximate surface area is 176 Å². The van der Waals surface area contributed by atoms with Gasteiger partial charge in [-0.2, -0.15) is 0 Å². The summed E-state index contributed by atoms with van der Waals surface area (Å²) in [4.78, 5) is 14.5. The first-order valence-corrected chi connectivity index (χ1v) is 11.0. The molecule has 0 unspecified atom stereocenters. The first-order valence-electron chi connectivity index (χ1n) is 10.2. The third-order valence-electron chi connectivity index (χ3n) is 5.03. The van der Waals surface area contributed by atoms with Crippen LogP contribution in [0.3, 0.4) is 0 Å². The number of thiazole rings is 1. The quantitative estimate of drug-likeness (QED) is 0.392. The zero-order chi connectivity index (χ0) is 20.5. The van der Waals surface area contributed by atoms with Crippen molar-refractivity contribution in [2.45, 2.75) is 19.8 Å². The van der Waals surface area contributed by atoms with E-state index in [4.69, 9.17) is 0 Å². The highest BCUT2D eigenvalue weighted by molar-refractivity contribution is 7.11. The molecule has 8 heteroatoms. The lowest BCUT2D eigenvalue weighted by Gasteiger charge is -2.36. The van der Waals surface area contributed by atoms with Crippen molar-refractivity contribution in [2.24, 2.45) is 4.99 Å². The van der Waals surface area contributed by atoms with Gasteiger partial charge in [-0.1, -0.05) is 12.1 Å². The summed E-state index contributed by atoms with van der Waals surface area (Å²) >= 11 is 1.74. The lowest BCUT2D eigenvalue weighted by atomic mass is 10.2. The van der Waals surface area contributed by atoms with E-state index < -0.39 is 0 Å². The van der Waals surface area contributed by atoms with Crippen LogP contribution in [-0.4, -0.2) is 68.7 Å². The van der Waals surface area contributed by atoms with E-state index in [0.29, 0.717) is 0 Å². The number of hydrogen-bond acceptors (Lipinski definition) is 5. The second-order valence-corrected chi connectivity index (χ2v) is 8.49. The second kappa shape index (κ2) is 11.1. The number of halogens is 1. The number of guanidine groups is 1. The number of piperazine rings is 1. The van der Waals surface area contributed by atoms with Crippen LogP contribution in [0.2, 0.25) is 0 Å². The van der Waals surface area contributed by atoms with Crippen LogP contribution in [0.4, 0.5) is 10.1 Å². The third-order valence-corrected chi connectivity index (χ3v) is 6.01. The summed E-state index contributed by atoms with van der Waals surface area (Å²) in [5.41, 5.74) is 0.719. The fourth-order valence-corrected chi connectivity index (χ4v) is 4.24. The fraction of sp³-hybridized carbons (Fsp3) is 0.524. The molecule has 2 N–H and O–H groups in total. The van der Waals surface area contributed by atoms with Gasteiger partial charge in [0.15, 0.2) is 5.96 Å². The molecule has 1 aliphatic rings. The molecule has 1 aromatic heterocycles. The summed E-state index contributed by atoms with van der Waals surface area (Å²) in [6.45, 7) is 8.49. The van der Waals surface area contributed by atoms with Gasteiger partial charge in [-0.05, 0) is 32.0 Å². The van der Waals surface area contributed by atoms with Gasteiger partial charge in [-0.25, -0.2) is 9.37 Å². The number of hydrogen-bond donors (Lipinski definition) is 2. The zero-order valence-electron chi connectivity index (χ0n) is 17.3. The largest absolute Gasteiger partial charge is 0.367 e. The van der Waals surface area contributed by atoms with Crippen molar-refractivity contribution in [2.75, 3.05) is 57.8 Å². The number of nitrogens with zero attached hydrogens (tertiary/aromatic N) is 4. The van der Waals surface area contributed by atoms with Gasteiger partial charge in [0.05, 0.1) is 10.7 Å². The Balaban J connectivity index is 1.28. The molecule has 2 heterocycles. The zero-order valence-corrected chi connectivity index (χ0v) is 18.1. The molecule has 0 amide bonds. The van der Waals surface area contributed by atoms with Crippen LogP contribution < -0.4 is 15.5 Å². The predicted octanol–water partition coefficient (Wildman–Crippen LogP) is 2.51. The molecule has 0 aliphatic carbocycles. The number of para-hydroxylation sites is 1. The van der Waals surface area contributed by atoms with Gasteiger partial charge in [0.2, 0.25) is 0 Å². The molecule has 0 bridgehead atoms. The van der Waals surface area contributed by atoms with Crippen LogP contribution in [0.15, 0.2) is 35.5 Å². The molecule has 29 heavy (non-hydrogen) atoms. The van der Waals surface area contributed by atoms with Gasteiger partial charge in [0.1, 0.15) is 5.82 Å². The number of aromatic nitrogens is 1. The van der Waals surface area contributed by atoms with Crippen molar-refractivity contribution in [1.82, 2.24) is 20.5 Å². The van der Waals surface area contributed by atoms with Crippen molar-refractivity contribution >= 4 is 23.0 Å². The van der Waals surface area contributed by atoms with Gasteiger partial charge in [-0.15, -0.1) is 11.3 Å². The maximum atomic E-state index is 13.9. The van der Waals surface area contributed by atoms with E-state index in [2.05, 4.69) is 37.3 Å². The van der Waals surface area contributed by atoms with E-state index in [0.717, 1.165) is 75.3 Å². The summed E-state index contributed by atoms with van der Waals surface area (Å²) in [5, 5.41) is 7.88. The Hall–Kier alpha value is -2.19. The van der Waals surface area contributed by atoms with Crippen LogP contribution in [-0.2, 0) is 6.42 Å². The van der Waals surface area contributed by atoms with E-state index in [1.807, 2.05) is 18.3 Å². The van der Waals surface area contributed by atoms with Crippen LogP contribution in [0.1, 0.15) is 16.3 Å². The van der Waals surface area contributed by atoms with Gasteiger partial charge in [0.25, 0.3) is 0 Å². The molecule has 0 saturated carbocycles. The number of rotatable bonds is 8. The van der Waals surface area contributed by atoms with Crippen LogP contribution >= 0.6 is 11.3 Å². The lowest BCUT2D eigenvalue weighted by molar-refractivity contribution is 0.254. The minimum absolute atomic E-state index is 0.131. The third kappa shape index (κ3) is 6.68. The maximum absolute atomic E-state index is 13.9. The van der Waals surface area contributed by atoms with Crippen LogP contribution in [0, 0.1) is 12.7 Å². The molecule has 1 aliphatic heterocycles. The Kier molecular flexibility index (Phi) is 8.25. The van der Waals surface area contributed by atoms with Gasteiger partial charge < -0.3 is 15.5 Å². The highest BCUT2D eigenvalue weighted by Gasteiger charge is 2.18. The smallest absolute Gasteiger partial charge is 0.190 e. The molecular formula is C21H31FN6S. The number of nitrogens with one attached hydrogen (secondary N) is 2. The molecule has 1 saturated heterocycles. The topological polar surface area (TPSA) is 55.8 Å². The minimum Gasteiger partial charge on any atom is -0.367 e. The van der Waals surface area contributed by atoms with Crippen molar-refractivity contribution < 1.29 is 4.39 Å². The molecule has 2 aromatic rings. The summed E-state index contributed by atoms with van der Waals surface area (Å²) in [6.07, 6.45) is 3.88. The van der Waals surface area contributed by atoms with Gasteiger partial charge in [0, 0.05) is 63.8 Å². The van der Waals surface area contributed by atoms with Crippen LogP contribution in [0.5, 0.6) is 0 Å². The molecule has 6 nitrogen and oxygen atoms in total. The van der Waals surface area contributed by atoms with Crippen molar-refractivity contribution in [3.05, 3.63) is 46.2 Å². The molecule has 158 valence electrons. The van der Waals surface area contributed by atoms with Crippen molar-refractivity contribution in [3.8, 4) is 0 Å². The molecule has 1 fully saturated rings. The fourth-order valence-electron chi connectivity index (χ4n) is 3.46. The molecule has 0 radical (unpaired) electrons. The second-order valence-electron chi connectivity index (χ2n) is 7.17. The Morgan fingerprint density at radius 3 is 2.62 bits per heavy atom. The predicted molar refractivity (Wildman–Crippen MR) is 120 cm³/mol. The van der Waals surface area contributed by atoms with Crippen molar-refractivity contribution in [3.63, 3.8) is 0 Å². The van der Waals surface area contributed by atoms with E-state index in [-0.39, 0.29) is 5.82 Å². The molecule has 1 aromatic carbocycles. The molecule has 0 spiro atoms. The molecule has 3 rings (SSSR count). The highest BCUT2D eigenvalue weighted by atomic mass is 32.1. The minimum atomic E-state index is -0.131. The Morgan fingerprint density at radius 2 is 1.93 bits per heavy atom. The van der Waals surface area contributed by atoms with Crippen LogP contribution in [0.25, 0.3) is 0 Å². The van der Waals surface area contributed by atoms with E-state index in [1.165, 1.54) is 10.9 Å². The van der Waals surface area contributed by atoms with E-state index in [9.17, 15) is 4.39 Å². The number of aliphatic imine (C=N–C) groups is 1. The average Bonchev–Trinajstić information content (AvgIpc) is 3.15. The normalized spacial score (nSPS) is 15.6. The van der Waals surface area contributed by atoms with E-state index in [1.54, 1.807) is 24.5 Å². The van der Waals surface area contributed by atoms with Crippen molar-refractivity contribution in [1.29, 1.82) is 0 Å². The van der Waals surface area contributed by atoms with Gasteiger partial charge >= 0.3 is 0 Å². The SMILES string of the molecule is CN=C(NCCCN1CCN(c2ccccc2F)CC1)NCCc1ncc(C)s1. The van der Waals surface area contributed by atoms with E-state index >= 15 is 0 Å². The Morgan fingerprint density at radius 1 is 1.17 bits per heavy atom. The Bertz CT molecular complexity index is 785. The summed E-state index contributed by atoms with van der Waals surface area (Å²) in [5.74, 6) is 0.705. The lowest BCUT2D eigenvalue weighted by Crippen LogP contribution is -2.47. The summed E-state index contributed by atoms with van der Waals surface area (Å²) in [6, 6.07) is 7.04. The first-order chi connectivity index (χ1) is 14.2. The maximum Gasteiger partial charge on any atom is 0.190 e. The molecular weight excluding hydrogens is 387 g/mol. The average molecular weight is 419 g/mol. The standard InChI is InChI=1S/C21H31FN6S/c1-17-16-26-20(29-17)8-10-25-21(23-2)24-9-5-11-27-12-14-28(15-13-27)19-7-4-3-6-18(19)22/h3-4,6-7,16H,5,8-15H2,1-2H3,(H2,23,24,25). The molecule has 0 atom stereocenters. The summed E-state index contributed by atoms with van der Waals surface area (Å²) in [7, 11) is 1.80. The first kappa shape index (κ1) is 21.5. The number of benzene rings is 1. The monoisotopic (exact) mass is 418 g/mol. The number of anilines is 1. The summed E-state index contributed by atoms with van der Waals surface area (Å²) < 4.78 is 13.9. The number of aryl methyl sites for hydroxylation is 1. The van der Waals surface area contributed by atoms with Gasteiger partial charge in [-0.3, -0.25) is 9.89 Å². The highest BCUT2D eigenvalue weighted by Crippen LogP contribution is 2.20.